The van der Waals surface area contributed by atoms with Gasteiger partial charge < -0.3 is 21.7 Å². The van der Waals surface area contributed by atoms with E-state index in [-0.39, 0.29) is 66.1 Å². The number of primary amides is 1. The van der Waals surface area contributed by atoms with Crippen LogP contribution in [0.25, 0.3) is 0 Å². The molecule has 0 aromatic carbocycles. The maximum Gasteiger partial charge on any atom is 0.312 e. The number of unbranched alkanes of at least 4 members (excludes halogenated alkanes) is 2. The standard InChI is InChI=1S/C29H51N5O6/c1-18(2)24(26(38)32-21(25(37)19(3)4)12-11-14-31-28(30)40)33-22(35)13-9-8-10-15-34-23(36)16-20(27(34)39)17-29(5,6)7/h18-21,24H,8-17H2,1-7H3,(H,32,38)(H,33,35)(H3,30,31,40)/t20?,21-,24-/m0/s1. The molecule has 1 fully saturated rings. The van der Waals surface area contributed by atoms with Crippen LogP contribution in [-0.2, 0) is 24.0 Å². The Kier molecular flexibility index (Phi) is 14.3. The highest BCUT2D eigenvalue weighted by atomic mass is 16.2. The van der Waals surface area contributed by atoms with E-state index in [4.69, 9.17) is 5.73 Å². The summed E-state index contributed by atoms with van der Waals surface area (Å²) in [6, 6.07) is -2.20. The smallest absolute Gasteiger partial charge is 0.312 e. The lowest BCUT2D eigenvalue weighted by Crippen LogP contribution is -2.54. The van der Waals surface area contributed by atoms with Crippen LogP contribution in [0.2, 0.25) is 0 Å². The van der Waals surface area contributed by atoms with Crippen LogP contribution in [0.1, 0.15) is 99.8 Å². The Bertz CT molecular complexity index is 911. The van der Waals surface area contributed by atoms with Gasteiger partial charge in [0, 0.05) is 37.8 Å². The number of nitrogens with one attached hydrogen (secondary N) is 3. The van der Waals surface area contributed by atoms with Crippen LogP contribution in [0.15, 0.2) is 0 Å². The quantitative estimate of drug-likeness (QED) is 0.156. The highest BCUT2D eigenvalue weighted by Gasteiger charge is 2.39. The molecule has 11 heteroatoms. The highest BCUT2D eigenvalue weighted by Crippen LogP contribution is 2.32. The topological polar surface area (TPSA) is 168 Å². The Morgan fingerprint density at radius 2 is 1.62 bits per heavy atom. The summed E-state index contributed by atoms with van der Waals surface area (Å²) in [5.74, 6) is -1.80. The second-order valence-electron chi connectivity index (χ2n) is 12.7. The Labute approximate surface area is 239 Å². The number of carbonyl (C=O) groups is 6. The van der Waals surface area contributed by atoms with Gasteiger partial charge in [-0.15, -0.1) is 0 Å². The van der Waals surface area contributed by atoms with Crippen LogP contribution >= 0.6 is 0 Å². The molecule has 0 radical (unpaired) electrons. The third-order valence-electron chi connectivity index (χ3n) is 6.95. The normalized spacial score (nSPS) is 17.2. The number of Topliss-reactive ketones (excluding diaryl/α,β-unsaturated/α-hetero) is 1. The van der Waals surface area contributed by atoms with Gasteiger partial charge in [0.2, 0.25) is 23.6 Å². The minimum absolute atomic E-state index is 0.0246. The van der Waals surface area contributed by atoms with Crippen LogP contribution in [-0.4, -0.2) is 65.5 Å². The van der Waals surface area contributed by atoms with Gasteiger partial charge in [-0.05, 0) is 43.4 Å². The molecule has 0 spiro atoms. The van der Waals surface area contributed by atoms with Gasteiger partial charge in [-0.2, -0.15) is 0 Å². The van der Waals surface area contributed by atoms with Crippen LogP contribution < -0.4 is 21.7 Å². The average Bonchev–Trinajstić information content (AvgIpc) is 3.08. The fraction of sp³-hybridized carbons (Fsp3) is 0.793. The van der Waals surface area contributed by atoms with E-state index < -0.39 is 24.0 Å². The number of rotatable bonds is 17. The summed E-state index contributed by atoms with van der Waals surface area (Å²) < 4.78 is 0. The number of likely N-dealkylation sites (tertiary alicyclic amines) is 1. The molecule has 5 N–H and O–H groups in total. The summed E-state index contributed by atoms with van der Waals surface area (Å²) in [7, 11) is 0. The van der Waals surface area contributed by atoms with Crippen molar-refractivity contribution in [2.75, 3.05) is 13.1 Å². The minimum atomic E-state index is -0.807. The highest BCUT2D eigenvalue weighted by molar-refractivity contribution is 6.03. The molecule has 0 aromatic rings. The molecule has 1 saturated heterocycles. The third-order valence-corrected chi connectivity index (χ3v) is 6.95. The third kappa shape index (κ3) is 12.5. The second kappa shape index (κ2) is 16.3. The maximum atomic E-state index is 13.1. The van der Waals surface area contributed by atoms with E-state index in [1.807, 2.05) is 13.8 Å². The lowest BCUT2D eigenvalue weighted by atomic mass is 9.84. The van der Waals surface area contributed by atoms with E-state index >= 15 is 0 Å². The molecule has 11 nitrogen and oxygen atoms in total. The first-order valence-corrected chi connectivity index (χ1v) is 14.5. The molecule has 40 heavy (non-hydrogen) atoms. The molecule has 0 aliphatic carbocycles. The van der Waals surface area contributed by atoms with Crippen molar-refractivity contribution >= 4 is 35.4 Å². The first-order valence-electron chi connectivity index (χ1n) is 14.5. The van der Waals surface area contributed by atoms with Gasteiger partial charge in [0.15, 0.2) is 5.78 Å². The molecule has 228 valence electrons. The van der Waals surface area contributed by atoms with E-state index in [9.17, 15) is 28.8 Å². The molecule has 1 rings (SSSR count). The largest absolute Gasteiger partial charge is 0.352 e. The van der Waals surface area contributed by atoms with Crippen LogP contribution in [0.4, 0.5) is 4.79 Å². The van der Waals surface area contributed by atoms with Crippen molar-refractivity contribution in [2.24, 2.45) is 28.9 Å². The number of urea groups is 1. The van der Waals surface area contributed by atoms with E-state index in [0.29, 0.717) is 45.1 Å². The van der Waals surface area contributed by atoms with Gasteiger partial charge >= 0.3 is 6.03 Å². The number of hydrogen-bond acceptors (Lipinski definition) is 6. The summed E-state index contributed by atoms with van der Waals surface area (Å²) in [4.78, 5) is 75.6. The van der Waals surface area contributed by atoms with Crippen molar-refractivity contribution in [3.05, 3.63) is 0 Å². The lowest BCUT2D eigenvalue weighted by molar-refractivity contribution is -0.139. The molecule has 0 bridgehead atoms. The molecule has 1 aliphatic rings. The number of hydrogen-bond donors (Lipinski definition) is 4. The summed E-state index contributed by atoms with van der Waals surface area (Å²) in [6.07, 6.45) is 3.78. The molecule has 6 amide bonds. The van der Waals surface area contributed by atoms with E-state index in [0.717, 1.165) is 0 Å². The Morgan fingerprint density at radius 3 is 2.17 bits per heavy atom. The Morgan fingerprint density at radius 1 is 0.975 bits per heavy atom. The molecule has 3 atom stereocenters. The van der Waals surface area contributed by atoms with E-state index in [2.05, 4.69) is 36.7 Å². The van der Waals surface area contributed by atoms with Crippen molar-refractivity contribution in [3.8, 4) is 0 Å². The molecule has 1 aliphatic heterocycles. The average molecular weight is 566 g/mol. The zero-order valence-corrected chi connectivity index (χ0v) is 25.4. The fourth-order valence-electron chi connectivity index (χ4n) is 4.87. The number of ketones is 1. The number of nitrogens with zero attached hydrogens (tertiary/aromatic N) is 1. The zero-order chi connectivity index (χ0) is 30.6. The molecule has 1 heterocycles. The summed E-state index contributed by atoms with van der Waals surface area (Å²) in [5.41, 5.74) is 5.05. The Hall–Kier alpha value is -2.98. The molecular weight excluding hydrogens is 514 g/mol. The first kappa shape index (κ1) is 35.0. The van der Waals surface area contributed by atoms with Crippen LogP contribution in [0.3, 0.4) is 0 Å². The first-order chi connectivity index (χ1) is 18.5. The number of carbonyl (C=O) groups excluding carboxylic acids is 6. The summed E-state index contributed by atoms with van der Waals surface area (Å²) in [5, 5.41) is 8.05. The predicted molar refractivity (Wildman–Crippen MR) is 153 cm³/mol. The molecule has 0 saturated carbocycles. The summed E-state index contributed by atoms with van der Waals surface area (Å²) >= 11 is 0. The van der Waals surface area contributed by atoms with Crippen molar-refractivity contribution in [1.29, 1.82) is 0 Å². The number of imide groups is 1. The van der Waals surface area contributed by atoms with E-state index in [1.54, 1.807) is 13.8 Å². The molecule has 0 aromatic heterocycles. The van der Waals surface area contributed by atoms with E-state index in [1.165, 1.54) is 4.90 Å². The van der Waals surface area contributed by atoms with Crippen molar-refractivity contribution in [2.45, 2.75) is 112 Å². The SMILES string of the molecule is CC(C)C(=O)[C@H](CCCNC(N)=O)NC(=O)[C@@H](NC(=O)CCCCCN1C(=O)CC(CC(C)(C)C)C1=O)C(C)C. The van der Waals surface area contributed by atoms with Gasteiger partial charge in [-0.1, -0.05) is 54.9 Å². The maximum absolute atomic E-state index is 13.1. The van der Waals surface area contributed by atoms with Crippen molar-refractivity contribution < 1.29 is 28.8 Å². The number of nitrogens with two attached hydrogens (primary N) is 1. The number of amides is 6. The molecular formula is C29H51N5O6. The van der Waals surface area contributed by atoms with Crippen LogP contribution in [0, 0.1) is 23.2 Å². The summed E-state index contributed by atoms with van der Waals surface area (Å²) in [6.45, 7) is 14.0. The van der Waals surface area contributed by atoms with Crippen molar-refractivity contribution in [3.63, 3.8) is 0 Å². The second-order valence-corrected chi connectivity index (χ2v) is 12.7. The predicted octanol–water partition coefficient (Wildman–Crippen LogP) is 2.66. The van der Waals surface area contributed by atoms with Crippen molar-refractivity contribution in [1.82, 2.24) is 20.9 Å². The van der Waals surface area contributed by atoms with Gasteiger partial charge in [0.25, 0.3) is 0 Å². The monoisotopic (exact) mass is 565 g/mol. The van der Waals surface area contributed by atoms with Gasteiger partial charge in [-0.3, -0.25) is 28.9 Å². The molecule has 1 unspecified atom stereocenters. The fourth-order valence-corrected chi connectivity index (χ4v) is 4.87. The minimum Gasteiger partial charge on any atom is -0.352 e. The van der Waals surface area contributed by atoms with Gasteiger partial charge in [0.1, 0.15) is 6.04 Å². The zero-order valence-electron chi connectivity index (χ0n) is 25.4. The lowest BCUT2D eigenvalue weighted by Gasteiger charge is -2.26. The Balaban J connectivity index is 2.55. The van der Waals surface area contributed by atoms with Crippen LogP contribution in [0.5, 0.6) is 0 Å². The van der Waals surface area contributed by atoms with Gasteiger partial charge in [-0.25, -0.2) is 4.79 Å². The van der Waals surface area contributed by atoms with Gasteiger partial charge in [0.05, 0.1) is 6.04 Å².